The molecule has 2 aromatic rings. The van der Waals surface area contributed by atoms with Gasteiger partial charge in [0.25, 0.3) is 11.8 Å². The molecule has 2 aromatic carbocycles. The lowest BCUT2D eigenvalue weighted by atomic mass is 10.1. The Hall–Kier alpha value is -2.58. The topological polar surface area (TPSA) is 58.6 Å². The van der Waals surface area contributed by atoms with Crippen LogP contribution >= 0.6 is 28.1 Å². The highest BCUT2D eigenvalue weighted by atomic mass is 79.9. The van der Waals surface area contributed by atoms with Crippen LogP contribution in [0.15, 0.2) is 52.5 Å². The maximum Gasteiger partial charge on any atom is 0.265 e. The lowest BCUT2D eigenvalue weighted by molar-refractivity contribution is -0.128. The lowest BCUT2D eigenvalue weighted by Gasteiger charge is -2.25. The van der Waals surface area contributed by atoms with Crippen LogP contribution < -0.4 is 10.1 Å². The number of carbonyl (C=O) groups is 2. The Labute approximate surface area is 168 Å². The molecule has 1 fully saturated rings. The minimum atomic E-state index is -0.542. The first kappa shape index (κ1) is 19.2. The highest BCUT2D eigenvalue weighted by molar-refractivity contribution is 9.10. The predicted octanol–water partition coefficient (Wildman–Crippen LogP) is 3.42. The van der Waals surface area contributed by atoms with Crippen molar-refractivity contribution in [3.63, 3.8) is 0 Å². The summed E-state index contributed by atoms with van der Waals surface area (Å²) in [6.07, 6.45) is 1.47. The molecule has 3 rings (SSSR count). The molecule has 1 aliphatic heterocycles. The Morgan fingerprint density at radius 3 is 2.70 bits per heavy atom. The summed E-state index contributed by atoms with van der Waals surface area (Å²) in [6.45, 7) is 0.0782. The van der Waals surface area contributed by atoms with Gasteiger partial charge in [-0.15, -0.1) is 0 Å². The monoisotopic (exact) mass is 448 g/mol. The van der Waals surface area contributed by atoms with Gasteiger partial charge in [-0.05, 0) is 58.0 Å². The number of hydrogen-bond donors (Lipinski definition) is 1. The molecule has 0 unspecified atom stereocenters. The van der Waals surface area contributed by atoms with Crippen molar-refractivity contribution in [3.05, 3.63) is 69.5 Å². The van der Waals surface area contributed by atoms with Crippen molar-refractivity contribution in [2.75, 3.05) is 7.05 Å². The Morgan fingerprint density at radius 2 is 2.00 bits per heavy atom. The molecule has 1 aliphatic rings. The number of ether oxygens (including phenoxy) is 1. The molecular weight excluding hydrogens is 435 g/mol. The zero-order valence-corrected chi connectivity index (χ0v) is 16.6. The maximum atomic E-state index is 13.7. The third-order valence-electron chi connectivity index (χ3n) is 3.91. The predicted molar refractivity (Wildman–Crippen MR) is 106 cm³/mol. The lowest BCUT2D eigenvalue weighted by Crippen LogP contribution is -2.52. The van der Waals surface area contributed by atoms with Crippen molar-refractivity contribution in [3.8, 4) is 5.75 Å². The number of benzene rings is 2. The third-order valence-corrected chi connectivity index (χ3v) is 4.91. The molecule has 27 heavy (non-hydrogen) atoms. The number of amides is 2. The van der Waals surface area contributed by atoms with Crippen molar-refractivity contribution in [1.82, 2.24) is 10.2 Å². The first-order valence-electron chi connectivity index (χ1n) is 7.87. The number of nitrogens with zero attached hydrogens (tertiary/aromatic N) is 1. The van der Waals surface area contributed by atoms with Gasteiger partial charge in [-0.2, -0.15) is 0 Å². The smallest absolute Gasteiger partial charge is 0.265 e. The molecule has 0 aromatic heterocycles. The summed E-state index contributed by atoms with van der Waals surface area (Å²) in [7, 11) is 1.49. The molecule has 0 radical (unpaired) electrons. The Morgan fingerprint density at radius 1 is 1.26 bits per heavy atom. The maximum absolute atomic E-state index is 13.7. The Bertz CT molecular complexity index is 977. The largest absolute Gasteiger partial charge is 0.488 e. The van der Waals surface area contributed by atoms with Crippen LogP contribution in [0, 0.1) is 5.82 Å². The van der Waals surface area contributed by atoms with Gasteiger partial charge in [-0.3, -0.25) is 19.8 Å². The highest BCUT2D eigenvalue weighted by Crippen LogP contribution is 2.28. The summed E-state index contributed by atoms with van der Waals surface area (Å²) in [5.74, 6) is -0.837. The van der Waals surface area contributed by atoms with Gasteiger partial charge >= 0.3 is 0 Å². The van der Waals surface area contributed by atoms with Crippen molar-refractivity contribution in [2.24, 2.45) is 0 Å². The van der Waals surface area contributed by atoms with E-state index in [-0.39, 0.29) is 23.1 Å². The van der Waals surface area contributed by atoms with Crippen molar-refractivity contribution in [1.29, 1.82) is 0 Å². The Kier molecular flexibility index (Phi) is 5.67. The molecule has 0 bridgehead atoms. The number of likely N-dealkylation sites (N-methyl/N-ethyl adjacent to an activating group) is 1. The number of thiocarbonyl (C=S) groups is 1. The molecule has 5 nitrogen and oxygen atoms in total. The van der Waals surface area contributed by atoms with Gasteiger partial charge in [0.05, 0.1) is 4.47 Å². The summed E-state index contributed by atoms with van der Waals surface area (Å²) in [6, 6.07) is 11.5. The van der Waals surface area contributed by atoms with Crippen molar-refractivity contribution in [2.45, 2.75) is 6.61 Å². The SMILES string of the molecule is CN1C(=O)C(=Cc2ccc(OCc3ccccc3F)c(Br)c2)C(=O)NC1=S. The second kappa shape index (κ2) is 7.98. The number of rotatable bonds is 4. The number of nitrogens with one attached hydrogen (secondary N) is 1. The van der Waals surface area contributed by atoms with Gasteiger partial charge in [-0.1, -0.05) is 24.3 Å². The molecule has 0 saturated carbocycles. The number of halogens is 2. The fourth-order valence-corrected chi connectivity index (χ4v) is 3.09. The summed E-state index contributed by atoms with van der Waals surface area (Å²) >= 11 is 8.30. The van der Waals surface area contributed by atoms with Crippen molar-refractivity contribution < 1.29 is 18.7 Å². The fraction of sp³-hybridized carbons (Fsp3) is 0.105. The van der Waals surface area contributed by atoms with E-state index in [4.69, 9.17) is 17.0 Å². The minimum absolute atomic E-state index is 0.0157. The number of carbonyl (C=O) groups excluding carboxylic acids is 2. The molecule has 0 spiro atoms. The number of hydrogen-bond acceptors (Lipinski definition) is 4. The van der Waals surface area contributed by atoms with Gasteiger partial charge in [0.2, 0.25) is 0 Å². The quantitative estimate of drug-likeness (QED) is 0.442. The summed E-state index contributed by atoms with van der Waals surface area (Å²) in [4.78, 5) is 25.5. The summed E-state index contributed by atoms with van der Waals surface area (Å²) < 4.78 is 19.9. The molecule has 1 N–H and O–H groups in total. The van der Waals surface area contributed by atoms with Crippen LogP contribution in [0.1, 0.15) is 11.1 Å². The molecule has 0 aliphatic carbocycles. The van der Waals surface area contributed by atoms with E-state index in [0.29, 0.717) is 21.3 Å². The fourth-order valence-electron chi connectivity index (χ4n) is 2.41. The van der Waals surface area contributed by atoms with Gasteiger partial charge in [0.1, 0.15) is 23.7 Å². The Balaban J connectivity index is 1.78. The van der Waals surface area contributed by atoms with Crippen LogP contribution in [0.25, 0.3) is 6.08 Å². The van der Waals surface area contributed by atoms with E-state index in [9.17, 15) is 14.0 Å². The van der Waals surface area contributed by atoms with E-state index in [1.807, 2.05) is 0 Å². The van der Waals surface area contributed by atoms with E-state index in [1.165, 1.54) is 24.1 Å². The average Bonchev–Trinajstić information content (AvgIpc) is 2.64. The molecule has 2 amide bonds. The summed E-state index contributed by atoms with van der Waals surface area (Å²) in [5.41, 5.74) is 1.05. The molecule has 138 valence electrons. The standard InChI is InChI=1S/C19H14BrFN2O3S/c1-23-18(25)13(17(24)22-19(23)27)8-11-6-7-16(14(20)9-11)26-10-12-4-2-3-5-15(12)21/h2-9H,10H2,1H3,(H,22,24,27). The molecular formula is C19H14BrFN2O3S. The van der Waals surface area contributed by atoms with E-state index in [2.05, 4.69) is 21.2 Å². The van der Waals surface area contributed by atoms with Crippen LogP contribution in [-0.2, 0) is 16.2 Å². The van der Waals surface area contributed by atoms with Gasteiger partial charge in [-0.25, -0.2) is 4.39 Å². The van der Waals surface area contributed by atoms with Crippen LogP contribution in [-0.4, -0.2) is 28.9 Å². The molecule has 1 saturated heterocycles. The normalized spacial score (nSPS) is 15.9. The second-order valence-corrected chi connectivity index (χ2v) is 6.99. The summed E-state index contributed by atoms with van der Waals surface area (Å²) in [5, 5.41) is 2.53. The second-order valence-electron chi connectivity index (χ2n) is 5.75. The van der Waals surface area contributed by atoms with Gasteiger partial charge in [0.15, 0.2) is 5.11 Å². The zero-order chi connectivity index (χ0) is 19.6. The van der Waals surface area contributed by atoms with Gasteiger partial charge < -0.3 is 4.74 Å². The van der Waals surface area contributed by atoms with Gasteiger partial charge in [0, 0.05) is 12.6 Å². The van der Waals surface area contributed by atoms with E-state index >= 15 is 0 Å². The van der Waals surface area contributed by atoms with Crippen LogP contribution in [0.2, 0.25) is 0 Å². The van der Waals surface area contributed by atoms with Crippen LogP contribution in [0.5, 0.6) is 5.75 Å². The van der Waals surface area contributed by atoms with E-state index in [0.717, 1.165) is 0 Å². The minimum Gasteiger partial charge on any atom is -0.488 e. The first-order chi connectivity index (χ1) is 12.9. The molecule has 1 heterocycles. The van der Waals surface area contributed by atoms with Crippen LogP contribution in [0.4, 0.5) is 4.39 Å². The third kappa shape index (κ3) is 4.23. The zero-order valence-electron chi connectivity index (χ0n) is 14.2. The van der Waals surface area contributed by atoms with E-state index < -0.39 is 11.8 Å². The van der Waals surface area contributed by atoms with E-state index in [1.54, 1.807) is 36.4 Å². The van der Waals surface area contributed by atoms with Crippen LogP contribution in [0.3, 0.4) is 0 Å². The molecule has 0 atom stereocenters. The first-order valence-corrected chi connectivity index (χ1v) is 9.08. The average molecular weight is 449 g/mol. The molecule has 8 heteroatoms. The van der Waals surface area contributed by atoms with Crippen molar-refractivity contribution >= 4 is 51.2 Å². The highest BCUT2D eigenvalue weighted by Gasteiger charge is 2.30.